The Labute approximate surface area is 96.5 Å². The van der Waals surface area contributed by atoms with Gasteiger partial charge in [0.2, 0.25) is 0 Å². The molecule has 4 heteroatoms. The molecule has 0 spiro atoms. The standard InChI is InChI=1S/C11H10BrN3/c12-8-3-1-4-9(7-8)15-10-5-2-6-14-11(10)13/h1-7,15H,(H2,13,14). The summed E-state index contributed by atoms with van der Waals surface area (Å²) in [7, 11) is 0. The lowest BCUT2D eigenvalue weighted by atomic mass is 10.3. The normalized spacial score (nSPS) is 9.93. The molecule has 15 heavy (non-hydrogen) atoms. The molecule has 0 fully saturated rings. The summed E-state index contributed by atoms with van der Waals surface area (Å²) >= 11 is 3.41. The number of nitrogens with one attached hydrogen (secondary N) is 1. The first-order valence-electron chi connectivity index (χ1n) is 4.49. The number of benzene rings is 1. The Hall–Kier alpha value is -1.55. The molecule has 1 aromatic carbocycles. The third-order valence-electron chi connectivity index (χ3n) is 1.94. The highest BCUT2D eigenvalue weighted by Gasteiger charge is 1.99. The van der Waals surface area contributed by atoms with E-state index in [-0.39, 0.29) is 0 Å². The number of anilines is 3. The zero-order valence-electron chi connectivity index (χ0n) is 7.94. The van der Waals surface area contributed by atoms with Gasteiger partial charge < -0.3 is 11.1 Å². The molecule has 3 nitrogen and oxygen atoms in total. The second kappa shape index (κ2) is 4.31. The van der Waals surface area contributed by atoms with E-state index in [2.05, 4.69) is 26.2 Å². The number of hydrogen-bond donors (Lipinski definition) is 2. The molecule has 2 aromatic rings. The lowest BCUT2D eigenvalue weighted by Crippen LogP contribution is -1.97. The molecule has 76 valence electrons. The number of rotatable bonds is 2. The van der Waals surface area contributed by atoms with E-state index in [0.717, 1.165) is 15.8 Å². The smallest absolute Gasteiger partial charge is 0.147 e. The van der Waals surface area contributed by atoms with Gasteiger partial charge in [0.15, 0.2) is 0 Å². The van der Waals surface area contributed by atoms with E-state index < -0.39 is 0 Å². The number of hydrogen-bond acceptors (Lipinski definition) is 3. The molecule has 1 heterocycles. The summed E-state index contributed by atoms with van der Waals surface area (Å²) in [5.41, 5.74) is 7.51. The summed E-state index contributed by atoms with van der Waals surface area (Å²) in [6.07, 6.45) is 1.67. The fraction of sp³-hybridized carbons (Fsp3) is 0. The lowest BCUT2D eigenvalue weighted by Gasteiger charge is -2.08. The molecular weight excluding hydrogens is 254 g/mol. The van der Waals surface area contributed by atoms with Gasteiger partial charge in [-0.15, -0.1) is 0 Å². The Morgan fingerprint density at radius 1 is 1.20 bits per heavy atom. The molecule has 0 unspecified atom stereocenters. The first-order valence-corrected chi connectivity index (χ1v) is 5.28. The van der Waals surface area contributed by atoms with Crippen LogP contribution in [-0.4, -0.2) is 4.98 Å². The SMILES string of the molecule is Nc1ncccc1Nc1cccc(Br)c1. The second-order valence-corrected chi connectivity index (χ2v) is 3.99. The quantitative estimate of drug-likeness (QED) is 0.875. The van der Waals surface area contributed by atoms with Gasteiger partial charge in [-0.2, -0.15) is 0 Å². The number of nitrogen functional groups attached to an aromatic ring is 1. The van der Waals surface area contributed by atoms with Crippen LogP contribution in [0, 0.1) is 0 Å². The van der Waals surface area contributed by atoms with E-state index in [1.54, 1.807) is 6.20 Å². The van der Waals surface area contributed by atoms with Gasteiger partial charge in [-0.05, 0) is 30.3 Å². The van der Waals surface area contributed by atoms with Gasteiger partial charge in [0, 0.05) is 16.4 Å². The molecule has 0 aliphatic carbocycles. The summed E-state index contributed by atoms with van der Waals surface area (Å²) in [5, 5.41) is 3.20. The fourth-order valence-corrected chi connectivity index (χ4v) is 1.64. The van der Waals surface area contributed by atoms with Crippen molar-refractivity contribution in [1.82, 2.24) is 4.98 Å². The zero-order chi connectivity index (χ0) is 10.7. The molecule has 0 radical (unpaired) electrons. The molecule has 0 atom stereocenters. The van der Waals surface area contributed by atoms with Gasteiger partial charge in [0.05, 0.1) is 5.69 Å². The maximum Gasteiger partial charge on any atom is 0.147 e. The molecule has 0 amide bonds. The number of nitrogens with zero attached hydrogens (tertiary/aromatic N) is 1. The van der Waals surface area contributed by atoms with Crippen LogP contribution in [0.25, 0.3) is 0 Å². The van der Waals surface area contributed by atoms with Crippen molar-refractivity contribution in [1.29, 1.82) is 0 Å². The largest absolute Gasteiger partial charge is 0.382 e. The van der Waals surface area contributed by atoms with E-state index in [1.807, 2.05) is 36.4 Å². The fourth-order valence-electron chi connectivity index (χ4n) is 1.24. The van der Waals surface area contributed by atoms with E-state index in [4.69, 9.17) is 5.73 Å². The highest BCUT2D eigenvalue weighted by molar-refractivity contribution is 9.10. The van der Waals surface area contributed by atoms with Gasteiger partial charge in [-0.25, -0.2) is 4.98 Å². The monoisotopic (exact) mass is 263 g/mol. The van der Waals surface area contributed by atoms with Gasteiger partial charge in [-0.1, -0.05) is 22.0 Å². The average molecular weight is 264 g/mol. The molecule has 0 aliphatic heterocycles. The van der Waals surface area contributed by atoms with Gasteiger partial charge in [0.1, 0.15) is 5.82 Å². The molecule has 2 rings (SSSR count). The van der Waals surface area contributed by atoms with Gasteiger partial charge in [-0.3, -0.25) is 0 Å². The Kier molecular flexibility index (Phi) is 2.87. The van der Waals surface area contributed by atoms with Gasteiger partial charge in [0.25, 0.3) is 0 Å². The van der Waals surface area contributed by atoms with Crippen molar-refractivity contribution >= 4 is 33.1 Å². The Balaban J connectivity index is 2.26. The molecule has 1 aromatic heterocycles. The van der Waals surface area contributed by atoms with Crippen molar-refractivity contribution in [3.63, 3.8) is 0 Å². The average Bonchev–Trinajstić information content (AvgIpc) is 2.22. The molecule has 0 bridgehead atoms. The summed E-state index contributed by atoms with van der Waals surface area (Å²) in [6.45, 7) is 0. The second-order valence-electron chi connectivity index (χ2n) is 3.07. The third-order valence-corrected chi connectivity index (χ3v) is 2.44. The van der Waals surface area contributed by atoms with E-state index in [9.17, 15) is 0 Å². The molecule has 0 saturated carbocycles. The van der Waals surface area contributed by atoms with Crippen LogP contribution in [-0.2, 0) is 0 Å². The van der Waals surface area contributed by atoms with E-state index in [1.165, 1.54) is 0 Å². The van der Waals surface area contributed by atoms with Crippen LogP contribution in [0.4, 0.5) is 17.2 Å². The minimum atomic E-state index is 0.498. The topological polar surface area (TPSA) is 50.9 Å². The van der Waals surface area contributed by atoms with Crippen molar-refractivity contribution in [2.75, 3.05) is 11.1 Å². The molecule has 0 aliphatic rings. The van der Waals surface area contributed by atoms with Crippen molar-refractivity contribution < 1.29 is 0 Å². The Morgan fingerprint density at radius 3 is 2.80 bits per heavy atom. The first kappa shape index (κ1) is 9.98. The van der Waals surface area contributed by atoms with E-state index >= 15 is 0 Å². The number of halogens is 1. The van der Waals surface area contributed by atoms with Crippen LogP contribution < -0.4 is 11.1 Å². The van der Waals surface area contributed by atoms with Crippen LogP contribution in [0.5, 0.6) is 0 Å². The third kappa shape index (κ3) is 2.47. The molecular formula is C11H10BrN3. The van der Waals surface area contributed by atoms with Crippen molar-refractivity contribution in [2.45, 2.75) is 0 Å². The predicted molar refractivity (Wildman–Crippen MR) is 66.1 cm³/mol. The molecule has 3 N–H and O–H groups in total. The lowest BCUT2D eigenvalue weighted by molar-refractivity contribution is 1.33. The number of pyridine rings is 1. The van der Waals surface area contributed by atoms with Crippen molar-refractivity contribution in [3.8, 4) is 0 Å². The van der Waals surface area contributed by atoms with Crippen molar-refractivity contribution in [2.24, 2.45) is 0 Å². The van der Waals surface area contributed by atoms with Gasteiger partial charge >= 0.3 is 0 Å². The van der Waals surface area contributed by atoms with E-state index in [0.29, 0.717) is 5.82 Å². The summed E-state index contributed by atoms with van der Waals surface area (Å²) in [6, 6.07) is 11.6. The van der Waals surface area contributed by atoms with Crippen molar-refractivity contribution in [3.05, 3.63) is 47.1 Å². The summed E-state index contributed by atoms with van der Waals surface area (Å²) < 4.78 is 1.02. The first-order chi connectivity index (χ1) is 7.25. The maximum absolute atomic E-state index is 5.72. The predicted octanol–water partition coefficient (Wildman–Crippen LogP) is 3.17. The summed E-state index contributed by atoms with van der Waals surface area (Å²) in [4.78, 5) is 4.00. The zero-order valence-corrected chi connectivity index (χ0v) is 9.53. The summed E-state index contributed by atoms with van der Waals surface area (Å²) in [5.74, 6) is 0.498. The van der Waals surface area contributed by atoms with Crippen LogP contribution in [0.15, 0.2) is 47.1 Å². The Bertz CT molecular complexity index is 471. The van der Waals surface area contributed by atoms with Crippen LogP contribution in [0.2, 0.25) is 0 Å². The van der Waals surface area contributed by atoms with Crippen LogP contribution >= 0.6 is 15.9 Å². The van der Waals surface area contributed by atoms with Crippen LogP contribution in [0.1, 0.15) is 0 Å². The highest BCUT2D eigenvalue weighted by atomic mass is 79.9. The minimum absolute atomic E-state index is 0.498. The maximum atomic E-state index is 5.72. The number of aromatic nitrogens is 1. The van der Waals surface area contributed by atoms with Crippen LogP contribution in [0.3, 0.4) is 0 Å². The Morgan fingerprint density at radius 2 is 2.07 bits per heavy atom. The number of nitrogens with two attached hydrogens (primary N) is 1. The highest BCUT2D eigenvalue weighted by Crippen LogP contribution is 2.22. The minimum Gasteiger partial charge on any atom is -0.382 e. The molecule has 0 saturated heterocycles.